The van der Waals surface area contributed by atoms with Gasteiger partial charge in [-0.1, -0.05) is 0 Å². The maximum absolute atomic E-state index is 10.2. The van der Waals surface area contributed by atoms with E-state index in [-0.39, 0.29) is 5.97 Å². The average molecular weight is 119 g/mol. The van der Waals surface area contributed by atoms with Gasteiger partial charge >= 0.3 is 5.97 Å². The van der Waals surface area contributed by atoms with E-state index in [9.17, 15) is 4.79 Å². The van der Waals surface area contributed by atoms with Crippen LogP contribution in [0, 0.1) is 0 Å². The van der Waals surface area contributed by atoms with Crippen LogP contribution in [-0.2, 0) is 9.53 Å². The van der Waals surface area contributed by atoms with Gasteiger partial charge in [0.2, 0.25) is 0 Å². The van der Waals surface area contributed by atoms with Crippen molar-refractivity contribution >= 4 is 17.6 Å². The third-order valence-corrected chi connectivity index (χ3v) is 0.981. The van der Waals surface area contributed by atoms with Crippen LogP contribution < -0.4 is 0 Å². The van der Waals surface area contributed by atoms with Crippen LogP contribution in [-0.4, -0.2) is 11.3 Å². The second-order valence-corrected chi connectivity index (χ2v) is 1.64. The van der Waals surface area contributed by atoms with Crippen molar-refractivity contribution in [1.82, 2.24) is 0 Å². The number of hydrogen-bond donors (Lipinski definition) is 0. The highest BCUT2D eigenvalue weighted by atomic mass is 35.5. The minimum absolute atomic E-state index is 0.387. The summed E-state index contributed by atoms with van der Waals surface area (Å²) >= 11 is 5.30. The van der Waals surface area contributed by atoms with Gasteiger partial charge in [-0.15, -0.1) is 11.6 Å². The lowest BCUT2D eigenvalue weighted by atomic mass is 10.5. The maximum Gasteiger partial charge on any atom is 0.332 e. The molecule has 0 aromatic carbocycles. The Labute approximate surface area is 45.7 Å². The molecule has 0 aromatic heterocycles. The molecule has 38 valence electrons. The predicted molar refractivity (Wildman–Crippen MR) is 24.9 cm³/mol. The molecule has 0 amide bonds. The molecular weight excluding hydrogens is 115 g/mol. The van der Waals surface area contributed by atoms with Crippen molar-refractivity contribution in [1.29, 1.82) is 0 Å². The molecule has 0 saturated carbocycles. The molecule has 1 heterocycles. The van der Waals surface area contributed by atoms with E-state index in [1.54, 1.807) is 0 Å². The van der Waals surface area contributed by atoms with Crippen LogP contribution >= 0.6 is 11.6 Å². The van der Waals surface area contributed by atoms with Crippen molar-refractivity contribution in [2.75, 3.05) is 0 Å². The van der Waals surface area contributed by atoms with Gasteiger partial charge < -0.3 is 4.74 Å². The van der Waals surface area contributed by atoms with Crippen LogP contribution in [0.25, 0.3) is 0 Å². The summed E-state index contributed by atoms with van der Waals surface area (Å²) in [5, 5.41) is -0.556. The highest BCUT2D eigenvalue weighted by Gasteiger charge is 2.17. The molecule has 0 saturated heterocycles. The van der Waals surface area contributed by atoms with Crippen LogP contribution in [0.3, 0.4) is 0 Å². The molecule has 0 spiro atoms. The molecule has 2 nitrogen and oxygen atoms in total. The third-order valence-electron chi connectivity index (χ3n) is 0.657. The summed E-state index contributed by atoms with van der Waals surface area (Å²) in [6.07, 6.45) is 2.78. The van der Waals surface area contributed by atoms with E-state index in [2.05, 4.69) is 4.74 Å². The zero-order chi connectivity index (χ0) is 5.28. The number of cyclic esters (lactones) is 1. The summed E-state index contributed by atoms with van der Waals surface area (Å²) in [5.74, 6) is -0.387. The number of carbonyl (C=O) groups is 1. The number of alkyl halides is 1. The van der Waals surface area contributed by atoms with Gasteiger partial charge in [0.25, 0.3) is 0 Å². The molecule has 1 aliphatic rings. The van der Waals surface area contributed by atoms with Gasteiger partial charge in [0, 0.05) is 0 Å². The molecule has 0 aromatic rings. The minimum Gasteiger partial charge on any atom is -0.433 e. The molecule has 0 bridgehead atoms. The fourth-order valence-electron chi connectivity index (χ4n) is 0.319. The second-order valence-electron chi connectivity index (χ2n) is 1.17. The molecule has 0 N–H and O–H groups in total. The van der Waals surface area contributed by atoms with Crippen LogP contribution in [0.15, 0.2) is 12.3 Å². The average Bonchev–Trinajstić information content (AvgIpc) is 1.91. The van der Waals surface area contributed by atoms with Crippen molar-refractivity contribution in [3.63, 3.8) is 0 Å². The molecule has 3 heteroatoms. The summed E-state index contributed by atoms with van der Waals surface area (Å²) in [4.78, 5) is 10.2. The molecule has 7 heavy (non-hydrogen) atoms. The van der Waals surface area contributed by atoms with Crippen LogP contribution in [0.5, 0.6) is 0 Å². The summed E-state index contributed by atoms with van der Waals surface area (Å²) in [6.45, 7) is 0. The Bertz CT molecular complexity index is 119. The maximum atomic E-state index is 10.2. The first-order valence-electron chi connectivity index (χ1n) is 1.82. The number of esters is 1. The van der Waals surface area contributed by atoms with Crippen molar-refractivity contribution < 1.29 is 9.53 Å². The first kappa shape index (κ1) is 4.65. The highest BCUT2D eigenvalue weighted by Crippen LogP contribution is 2.07. The minimum atomic E-state index is -0.556. The van der Waals surface area contributed by atoms with E-state index < -0.39 is 5.38 Å². The quantitative estimate of drug-likeness (QED) is 0.345. The Balaban J connectivity index is 2.62. The third kappa shape index (κ3) is 0.747. The van der Waals surface area contributed by atoms with Crippen LogP contribution in [0.1, 0.15) is 0 Å². The largest absolute Gasteiger partial charge is 0.433 e. The topological polar surface area (TPSA) is 26.3 Å². The standard InChI is InChI=1S/C4H3ClO2/c5-3-1-2-7-4(3)6/h1-3H. The molecule has 0 fully saturated rings. The Hall–Kier alpha value is -0.500. The second kappa shape index (κ2) is 1.54. The van der Waals surface area contributed by atoms with E-state index >= 15 is 0 Å². The van der Waals surface area contributed by atoms with Gasteiger partial charge in [-0.05, 0) is 6.08 Å². The monoisotopic (exact) mass is 118 g/mol. The smallest absolute Gasteiger partial charge is 0.332 e. The van der Waals surface area contributed by atoms with E-state index in [0.717, 1.165) is 0 Å². The number of hydrogen-bond acceptors (Lipinski definition) is 2. The van der Waals surface area contributed by atoms with Gasteiger partial charge in [0.1, 0.15) is 0 Å². The van der Waals surface area contributed by atoms with E-state index in [1.165, 1.54) is 12.3 Å². The van der Waals surface area contributed by atoms with Gasteiger partial charge in [-0.2, -0.15) is 0 Å². The molecule has 1 unspecified atom stereocenters. The first-order chi connectivity index (χ1) is 3.30. The van der Waals surface area contributed by atoms with E-state index in [1.807, 2.05) is 0 Å². The zero-order valence-electron chi connectivity index (χ0n) is 3.43. The zero-order valence-corrected chi connectivity index (χ0v) is 4.18. The van der Waals surface area contributed by atoms with Gasteiger partial charge in [0.15, 0.2) is 5.38 Å². The van der Waals surface area contributed by atoms with Crippen LogP contribution in [0.4, 0.5) is 0 Å². The fraction of sp³-hybridized carbons (Fsp3) is 0.250. The molecule has 0 radical (unpaired) electrons. The first-order valence-corrected chi connectivity index (χ1v) is 2.25. The van der Waals surface area contributed by atoms with E-state index in [4.69, 9.17) is 11.6 Å². The lowest BCUT2D eigenvalue weighted by Gasteiger charge is -1.87. The van der Waals surface area contributed by atoms with Crippen molar-refractivity contribution in [3.8, 4) is 0 Å². The van der Waals surface area contributed by atoms with E-state index in [0.29, 0.717) is 0 Å². The fourth-order valence-corrected chi connectivity index (χ4v) is 0.430. The Morgan fingerprint density at radius 3 is 2.71 bits per heavy atom. The molecule has 1 rings (SSSR count). The lowest BCUT2D eigenvalue weighted by Crippen LogP contribution is -2.05. The Morgan fingerprint density at radius 2 is 2.57 bits per heavy atom. The molecule has 0 aliphatic carbocycles. The van der Waals surface area contributed by atoms with Gasteiger partial charge in [-0.25, -0.2) is 4.79 Å². The highest BCUT2D eigenvalue weighted by molar-refractivity contribution is 6.31. The summed E-state index contributed by atoms with van der Waals surface area (Å²) in [5.41, 5.74) is 0. The normalized spacial score (nSPS) is 28.1. The SMILES string of the molecule is O=C1OC=CC1Cl. The predicted octanol–water partition coefficient (Wildman–Crippen LogP) is 0.664. The lowest BCUT2D eigenvalue weighted by molar-refractivity contribution is -0.135. The van der Waals surface area contributed by atoms with Crippen molar-refractivity contribution in [2.45, 2.75) is 5.38 Å². The number of ether oxygens (including phenoxy) is 1. The van der Waals surface area contributed by atoms with Gasteiger partial charge in [-0.3, -0.25) is 0 Å². The summed E-state index contributed by atoms with van der Waals surface area (Å²) in [6, 6.07) is 0. The summed E-state index contributed by atoms with van der Waals surface area (Å²) < 4.78 is 4.31. The number of carbonyl (C=O) groups excluding carboxylic acids is 1. The Kier molecular flexibility index (Phi) is 1.02. The molecule has 1 aliphatic heterocycles. The van der Waals surface area contributed by atoms with Crippen molar-refractivity contribution in [3.05, 3.63) is 12.3 Å². The number of rotatable bonds is 0. The van der Waals surface area contributed by atoms with Gasteiger partial charge in [0.05, 0.1) is 6.26 Å². The van der Waals surface area contributed by atoms with Crippen LogP contribution in [0.2, 0.25) is 0 Å². The Morgan fingerprint density at radius 1 is 1.86 bits per heavy atom. The molecular formula is C4H3ClO2. The van der Waals surface area contributed by atoms with Crippen molar-refractivity contribution in [2.24, 2.45) is 0 Å². The molecule has 1 atom stereocenters. The number of halogens is 1. The summed E-state index contributed by atoms with van der Waals surface area (Å²) in [7, 11) is 0.